The van der Waals surface area contributed by atoms with Crippen LogP contribution in [0.25, 0.3) is 15.9 Å². The van der Waals surface area contributed by atoms with E-state index in [1.807, 2.05) is 12.1 Å². The van der Waals surface area contributed by atoms with Crippen molar-refractivity contribution in [3.05, 3.63) is 69.7 Å². The molecule has 7 rings (SSSR count). The summed E-state index contributed by atoms with van der Waals surface area (Å²) in [4.78, 5) is 30.0. The van der Waals surface area contributed by atoms with Gasteiger partial charge in [-0.25, -0.2) is 9.18 Å². The van der Waals surface area contributed by atoms with Gasteiger partial charge in [0.2, 0.25) is 5.52 Å². The van der Waals surface area contributed by atoms with Crippen LogP contribution >= 0.6 is 0 Å². The SMILES string of the molecule is [C-]#[N+]c1ccc2c(n1)c(N1C[C@@H](C)N(C(c3ccc(F)cc3)C34CC(C)(C3)C4)C[C@@H]1C)nc(=O)n2C. The van der Waals surface area contributed by atoms with Gasteiger partial charge in [0.15, 0.2) is 5.82 Å². The Morgan fingerprint density at radius 2 is 1.75 bits per heavy atom. The zero-order chi connectivity index (χ0) is 25.4. The van der Waals surface area contributed by atoms with Crippen molar-refractivity contribution in [3.63, 3.8) is 0 Å². The first kappa shape index (κ1) is 23.1. The third-order valence-corrected chi connectivity index (χ3v) is 8.78. The van der Waals surface area contributed by atoms with E-state index in [2.05, 4.69) is 45.4 Å². The highest BCUT2D eigenvalue weighted by atomic mass is 19.1. The van der Waals surface area contributed by atoms with Gasteiger partial charge in [-0.3, -0.25) is 9.47 Å². The maximum atomic E-state index is 13.8. The first-order valence-corrected chi connectivity index (χ1v) is 12.7. The quantitative estimate of drug-likeness (QED) is 0.494. The Bertz CT molecular complexity index is 1440. The van der Waals surface area contributed by atoms with Gasteiger partial charge in [-0.1, -0.05) is 25.6 Å². The van der Waals surface area contributed by atoms with Crippen LogP contribution in [0.2, 0.25) is 0 Å². The summed E-state index contributed by atoms with van der Waals surface area (Å²) in [7, 11) is 1.68. The van der Waals surface area contributed by atoms with Crippen LogP contribution in [0, 0.1) is 23.2 Å². The lowest BCUT2D eigenvalue weighted by Crippen LogP contribution is -2.68. The van der Waals surface area contributed by atoms with Gasteiger partial charge in [0.25, 0.3) is 5.82 Å². The molecule has 7 nitrogen and oxygen atoms in total. The summed E-state index contributed by atoms with van der Waals surface area (Å²) < 4.78 is 15.3. The van der Waals surface area contributed by atoms with E-state index in [1.54, 1.807) is 31.3 Å². The van der Waals surface area contributed by atoms with Crippen LogP contribution in [0.5, 0.6) is 0 Å². The summed E-state index contributed by atoms with van der Waals surface area (Å²) in [5.74, 6) is 0.633. The van der Waals surface area contributed by atoms with Gasteiger partial charge in [-0.2, -0.15) is 4.98 Å². The molecule has 0 N–H and O–H groups in total. The molecule has 186 valence electrons. The first-order valence-electron chi connectivity index (χ1n) is 12.7. The summed E-state index contributed by atoms with van der Waals surface area (Å²) in [6.45, 7) is 15.6. The van der Waals surface area contributed by atoms with Gasteiger partial charge in [-0.15, -0.1) is 4.98 Å². The summed E-state index contributed by atoms with van der Waals surface area (Å²) in [6, 6.07) is 11.0. The number of aromatic nitrogens is 3. The number of aryl methyl sites for hydroxylation is 1. The van der Waals surface area contributed by atoms with Crippen molar-refractivity contribution < 1.29 is 4.39 Å². The second-order valence-corrected chi connectivity index (χ2v) is 11.6. The zero-order valence-electron chi connectivity index (χ0n) is 21.2. The lowest BCUT2D eigenvalue weighted by atomic mass is 9.33. The minimum atomic E-state index is -0.330. The van der Waals surface area contributed by atoms with Gasteiger partial charge in [0.1, 0.15) is 5.82 Å². The minimum absolute atomic E-state index is 0.0771. The van der Waals surface area contributed by atoms with Crippen LogP contribution in [0.4, 0.5) is 16.0 Å². The second kappa shape index (κ2) is 7.84. The molecule has 1 aliphatic heterocycles. The lowest BCUT2D eigenvalue weighted by molar-refractivity contribution is -0.237. The largest absolute Gasteiger partial charge is 0.361 e. The van der Waals surface area contributed by atoms with E-state index in [9.17, 15) is 9.18 Å². The monoisotopic (exact) mass is 486 g/mol. The lowest BCUT2D eigenvalue weighted by Gasteiger charge is -2.74. The standard InChI is InChI=1S/C28H31FN6O/c1-17-13-35(25-23-21(33(5)26(36)32-25)10-11-22(30-4)31-23)18(2)12-34(17)24(19-6-8-20(29)9-7-19)28-14-27(3,15-28)16-28/h6-11,17-18,24H,12-16H2,1-3,5H3/t17-,18+,24?,27?,28?/m1/s1. The van der Waals surface area contributed by atoms with Crippen molar-refractivity contribution in [2.75, 3.05) is 18.0 Å². The van der Waals surface area contributed by atoms with Crippen LogP contribution in [-0.4, -0.2) is 44.6 Å². The highest BCUT2D eigenvalue weighted by molar-refractivity contribution is 5.87. The van der Waals surface area contributed by atoms with Crippen molar-refractivity contribution >= 4 is 22.7 Å². The van der Waals surface area contributed by atoms with Crippen molar-refractivity contribution in [2.24, 2.45) is 17.9 Å². The Morgan fingerprint density at radius 1 is 1.06 bits per heavy atom. The van der Waals surface area contributed by atoms with Gasteiger partial charge < -0.3 is 9.74 Å². The number of piperazine rings is 1. The third-order valence-electron chi connectivity index (χ3n) is 8.78. The first-order chi connectivity index (χ1) is 17.1. The number of hydrogen-bond donors (Lipinski definition) is 0. The van der Waals surface area contributed by atoms with E-state index < -0.39 is 0 Å². The van der Waals surface area contributed by atoms with Crippen molar-refractivity contribution in [2.45, 2.75) is 58.2 Å². The summed E-state index contributed by atoms with van der Waals surface area (Å²) >= 11 is 0. The summed E-state index contributed by atoms with van der Waals surface area (Å²) in [5.41, 5.74) is 2.83. The number of rotatable bonds is 4. The molecule has 2 bridgehead atoms. The number of hydrogen-bond acceptors (Lipinski definition) is 5. The van der Waals surface area contributed by atoms with Crippen LogP contribution in [0.3, 0.4) is 0 Å². The van der Waals surface area contributed by atoms with E-state index in [0.29, 0.717) is 28.8 Å². The Balaban J connectivity index is 1.37. The van der Waals surface area contributed by atoms with Gasteiger partial charge in [0, 0.05) is 38.3 Å². The van der Waals surface area contributed by atoms with Crippen LogP contribution in [0.1, 0.15) is 51.6 Å². The smallest absolute Gasteiger partial charge is 0.350 e. The molecule has 1 aromatic carbocycles. The van der Waals surface area contributed by atoms with Crippen LogP contribution in [-0.2, 0) is 7.05 Å². The molecule has 2 aromatic heterocycles. The molecule has 36 heavy (non-hydrogen) atoms. The highest BCUT2D eigenvalue weighted by Gasteiger charge is 2.69. The Kier molecular flexibility index (Phi) is 5.03. The zero-order valence-corrected chi connectivity index (χ0v) is 21.2. The van der Waals surface area contributed by atoms with E-state index >= 15 is 0 Å². The van der Waals surface area contributed by atoms with E-state index in [1.165, 1.54) is 29.4 Å². The van der Waals surface area contributed by atoms with Gasteiger partial charge in [-0.05, 0) is 73.8 Å². The molecule has 3 aromatic rings. The van der Waals surface area contributed by atoms with Crippen molar-refractivity contribution in [1.82, 2.24) is 19.4 Å². The van der Waals surface area contributed by atoms with Gasteiger partial charge in [0.05, 0.1) is 5.52 Å². The highest BCUT2D eigenvalue weighted by Crippen LogP contribution is 2.78. The molecule has 1 unspecified atom stereocenters. The molecule has 4 aliphatic rings. The van der Waals surface area contributed by atoms with Crippen molar-refractivity contribution in [3.8, 4) is 0 Å². The number of halogens is 1. The molecule has 0 spiro atoms. The Morgan fingerprint density at radius 3 is 2.39 bits per heavy atom. The molecule has 3 aliphatic carbocycles. The average molecular weight is 487 g/mol. The number of anilines is 1. The normalized spacial score (nSPS) is 30.4. The van der Waals surface area contributed by atoms with E-state index in [-0.39, 0.29) is 40.9 Å². The van der Waals surface area contributed by atoms with Crippen LogP contribution < -0.4 is 10.6 Å². The summed E-state index contributed by atoms with van der Waals surface area (Å²) in [5, 5.41) is 0. The molecular weight excluding hydrogens is 455 g/mol. The molecule has 3 atom stereocenters. The molecule has 3 saturated carbocycles. The number of fused-ring (bicyclic) bond motifs is 1. The molecule has 1 saturated heterocycles. The predicted octanol–water partition coefficient (Wildman–Crippen LogP) is 4.85. The molecule has 4 fully saturated rings. The fourth-order valence-corrected chi connectivity index (χ4v) is 7.50. The second-order valence-electron chi connectivity index (χ2n) is 11.6. The maximum Gasteiger partial charge on any atom is 0.350 e. The average Bonchev–Trinajstić information content (AvgIpc) is 2.82. The maximum absolute atomic E-state index is 13.8. The number of nitrogens with zero attached hydrogens (tertiary/aromatic N) is 6. The third kappa shape index (κ3) is 3.36. The predicted molar refractivity (Wildman–Crippen MR) is 138 cm³/mol. The number of benzene rings is 1. The van der Waals surface area contributed by atoms with E-state index in [0.717, 1.165) is 6.54 Å². The Hall–Kier alpha value is -3.31. The fourth-order valence-electron chi connectivity index (χ4n) is 7.50. The van der Waals surface area contributed by atoms with Gasteiger partial charge >= 0.3 is 5.69 Å². The molecule has 3 heterocycles. The molecule has 0 radical (unpaired) electrons. The summed E-state index contributed by atoms with van der Waals surface area (Å²) in [6.07, 6.45) is 3.65. The molecular formula is C28H31FN6O. The van der Waals surface area contributed by atoms with Crippen LogP contribution in [0.15, 0.2) is 41.2 Å². The molecule has 8 heteroatoms. The fraction of sp³-hybridized carbons (Fsp3) is 0.500. The number of pyridine rings is 1. The minimum Gasteiger partial charge on any atom is -0.361 e. The molecule has 0 amide bonds. The topological polar surface area (TPSA) is 58.6 Å². The van der Waals surface area contributed by atoms with E-state index in [4.69, 9.17) is 6.57 Å². The Labute approximate surface area is 210 Å². The van der Waals surface area contributed by atoms with Crippen molar-refractivity contribution in [1.29, 1.82) is 0 Å².